The first-order chi connectivity index (χ1) is 10.7. The first kappa shape index (κ1) is 15.5. The van der Waals surface area contributed by atoms with E-state index in [9.17, 15) is 4.79 Å². The molecule has 2 aromatic rings. The molecule has 4 nitrogen and oxygen atoms in total. The highest BCUT2D eigenvalue weighted by molar-refractivity contribution is 7.98. The number of carbonyl (C=O) groups excluding carboxylic acids is 1. The van der Waals surface area contributed by atoms with Crippen LogP contribution in [0.25, 0.3) is 0 Å². The largest absolute Gasteiger partial charge is 0.352 e. The smallest absolute Gasteiger partial charge is 0.255 e. The van der Waals surface area contributed by atoms with Crippen LogP contribution in [0.1, 0.15) is 45.5 Å². The number of carbonyl (C=O) groups is 1. The Kier molecular flexibility index (Phi) is 4.78. The molecule has 0 aliphatic heterocycles. The number of aryl methyl sites for hydroxylation is 1. The predicted molar refractivity (Wildman–Crippen MR) is 90.9 cm³/mol. The van der Waals surface area contributed by atoms with Crippen LogP contribution in [0.2, 0.25) is 0 Å². The topological polar surface area (TPSA) is 54.9 Å². The average Bonchev–Trinajstić information content (AvgIpc) is 3.24. The molecule has 3 rings (SSSR count). The lowest BCUT2D eigenvalue weighted by Gasteiger charge is -2.11. The van der Waals surface area contributed by atoms with Crippen LogP contribution in [-0.2, 0) is 6.42 Å². The van der Waals surface area contributed by atoms with Crippen LogP contribution in [0.4, 0.5) is 0 Å². The van der Waals surface area contributed by atoms with Crippen molar-refractivity contribution < 1.29 is 4.79 Å². The van der Waals surface area contributed by atoms with Gasteiger partial charge in [0.2, 0.25) is 0 Å². The summed E-state index contributed by atoms with van der Waals surface area (Å²) >= 11 is 3.23. The fourth-order valence-corrected chi connectivity index (χ4v) is 3.68. The predicted octanol–water partition coefficient (Wildman–Crippen LogP) is 3.42. The lowest BCUT2D eigenvalue weighted by Crippen LogP contribution is -2.27. The number of aromatic nitrogens is 2. The second-order valence-electron chi connectivity index (χ2n) is 5.41. The SMILES string of the molecule is CSc1nc(C2CC2)nc(C)c1C(=O)NCCc1cccs1. The first-order valence-corrected chi connectivity index (χ1v) is 9.52. The van der Waals surface area contributed by atoms with Gasteiger partial charge in [0.15, 0.2) is 0 Å². The van der Waals surface area contributed by atoms with E-state index in [-0.39, 0.29) is 5.91 Å². The van der Waals surface area contributed by atoms with E-state index in [1.807, 2.05) is 19.2 Å². The Hall–Kier alpha value is -1.40. The number of thiophene rings is 1. The van der Waals surface area contributed by atoms with E-state index in [4.69, 9.17) is 0 Å². The van der Waals surface area contributed by atoms with Crippen molar-refractivity contribution >= 4 is 29.0 Å². The van der Waals surface area contributed by atoms with Gasteiger partial charge in [-0.05, 0) is 43.9 Å². The summed E-state index contributed by atoms with van der Waals surface area (Å²) in [7, 11) is 0. The van der Waals surface area contributed by atoms with Crippen molar-refractivity contribution in [2.45, 2.75) is 37.1 Å². The fourth-order valence-electron chi connectivity index (χ4n) is 2.34. The Morgan fingerprint density at radius 3 is 2.91 bits per heavy atom. The summed E-state index contributed by atoms with van der Waals surface area (Å²) in [5.41, 5.74) is 1.41. The average molecular weight is 333 g/mol. The zero-order valence-electron chi connectivity index (χ0n) is 12.8. The summed E-state index contributed by atoms with van der Waals surface area (Å²) in [6, 6.07) is 4.12. The number of nitrogens with zero attached hydrogens (tertiary/aromatic N) is 2. The van der Waals surface area contributed by atoms with Gasteiger partial charge in [-0.15, -0.1) is 23.1 Å². The van der Waals surface area contributed by atoms with Crippen molar-refractivity contribution in [3.05, 3.63) is 39.5 Å². The van der Waals surface area contributed by atoms with Gasteiger partial charge in [0.1, 0.15) is 10.9 Å². The number of hydrogen-bond acceptors (Lipinski definition) is 5. The molecule has 0 radical (unpaired) electrons. The molecule has 0 aromatic carbocycles. The maximum Gasteiger partial charge on any atom is 0.255 e. The van der Waals surface area contributed by atoms with Crippen molar-refractivity contribution in [3.8, 4) is 0 Å². The standard InChI is InChI=1S/C16H19N3OS2/c1-10-13(15(20)17-8-7-12-4-3-9-22-12)16(21-2)19-14(18-10)11-5-6-11/h3-4,9,11H,5-8H2,1-2H3,(H,17,20). The minimum absolute atomic E-state index is 0.0687. The normalized spacial score (nSPS) is 14.1. The van der Waals surface area contributed by atoms with E-state index in [1.165, 1.54) is 29.5 Å². The highest BCUT2D eigenvalue weighted by Crippen LogP contribution is 2.39. The van der Waals surface area contributed by atoms with Gasteiger partial charge in [-0.3, -0.25) is 4.79 Å². The van der Waals surface area contributed by atoms with Gasteiger partial charge in [0.25, 0.3) is 5.91 Å². The van der Waals surface area contributed by atoms with Crippen LogP contribution in [0.5, 0.6) is 0 Å². The molecule has 1 aliphatic rings. The highest BCUT2D eigenvalue weighted by Gasteiger charge is 2.29. The van der Waals surface area contributed by atoms with Crippen LogP contribution < -0.4 is 5.32 Å². The molecule has 6 heteroatoms. The van der Waals surface area contributed by atoms with Crippen molar-refractivity contribution in [2.24, 2.45) is 0 Å². The van der Waals surface area contributed by atoms with Gasteiger partial charge in [-0.25, -0.2) is 9.97 Å². The van der Waals surface area contributed by atoms with Gasteiger partial charge >= 0.3 is 0 Å². The van der Waals surface area contributed by atoms with Crippen LogP contribution in [0, 0.1) is 6.92 Å². The van der Waals surface area contributed by atoms with Crippen LogP contribution in [0.15, 0.2) is 22.5 Å². The number of thioether (sulfide) groups is 1. The van der Waals surface area contributed by atoms with Gasteiger partial charge < -0.3 is 5.32 Å². The molecule has 1 amide bonds. The number of amides is 1. The summed E-state index contributed by atoms with van der Waals surface area (Å²) in [4.78, 5) is 22.9. The minimum atomic E-state index is -0.0687. The molecule has 1 saturated carbocycles. The molecule has 0 spiro atoms. The summed E-state index contributed by atoms with van der Waals surface area (Å²) in [5.74, 6) is 1.33. The summed E-state index contributed by atoms with van der Waals surface area (Å²) < 4.78 is 0. The maximum absolute atomic E-state index is 12.5. The van der Waals surface area contributed by atoms with Crippen molar-refractivity contribution in [1.82, 2.24) is 15.3 Å². The number of nitrogens with one attached hydrogen (secondary N) is 1. The zero-order chi connectivity index (χ0) is 15.5. The minimum Gasteiger partial charge on any atom is -0.352 e. The van der Waals surface area contributed by atoms with E-state index >= 15 is 0 Å². The van der Waals surface area contributed by atoms with Gasteiger partial charge in [-0.2, -0.15) is 0 Å². The third-order valence-corrected chi connectivity index (χ3v) is 5.29. The van der Waals surface area contributed by atoms with E-state index < -0.39 is 0 Å². The summed E-state index contributed by atoms with van der Waals surface area (Å²) in [6.45, 7) is 2.54. The quantitative estimate of drug-likeness (QED) is 0.650. The first-order valence-electron chi connectivity index (χ1n) is 7.42. The zero-order valence-corrected chi connectivity index (χ0v) is 14.4. The molecule has 1 N–H and O–H groups in total. The number of rotatable bonds is 6. The lowest BCUT2D eigenvalue weighted by atomic mass is 10.2. The highest BCUT2D eigenvalue weighted by atomic mass is 32.2. The monoisotopic (exact) mass is 333 g/mol. The second-order valence-corrected chi connectivity index (χ2v) is 7.24. The number of hydrogen-bond donors (Lipinski definition) is 1. The molecule has 0 bridgehead atoms. The Balaban J connectivity index is 1.70. The van der Waals surface area contributed by atoms with E-state index in [0.717, 1.165) is 23.0 Å². The molecule has 1 aliphatic carbocycles. The van der Waals surface area contributed by atoms with Crippen molar-refractivity contribution in [3.63, 3.8) is 0 Å². The molecular weight excluding hydrogens is 314 g/mol. The maximum atomic E-state index is 12.5. The van der Waals surface area contributed by atoms with E-state index in [1.54, 1.807) is 11.3 Å². The Morgan fingerprint density at radius 2 is 2.27 bits per heavy atom. The second kappa shape index (κ2) is 6.79. The lowest BCUT2D eigenvalue weighted by molar-refractivity contribution is 0.0949. The summed E-state index contributed by atoms with van der Waals surface area (Å²) in [5, 5.41) is 5.84. The molecule has 2 aromatic heterocycles. The fraction of sp³-hybridized carbons (Fsp3) is 0.438. The van der Waals surface area contributed by atoms with Crippen molar-refractivity contribution in [2.75, 3.05) is 12.8 Å². The van der Waals surface area contributed by atoms with Crippen molar-refractivity contribution in [1.29, 1.82) is 0 Å². The van der Waals surface area contributed by atoms with Crippen LogP contribution in [-0.4, -0.2) is 28.7 Å². The van der Waals surface area contributed by atoms with Gasteiger partial charge in [0, 0.05) is 17.3 Å². The van der Waals surface area contributed by atoms with Gasteiger partial charge in [0.05, 0.1) is 11.3 Å². The Morgan fingerprint density at radius 1 is 1.45 bits per heavy atom. The molecule has 0 saturated heterocycles. The molecule has 0 unspecified atom stereocenters. The molecule has 116 valence electrons. The third kappa shape index (κ3) is 3.50. The van der Waals surface area contributed by atoms with Crippen LogP contribution in [0.3, 0.4) is 0 Å². The molecule has 1 fully saturated rings. The van der Waals surface area contributed by atoms with E-state index in [0.29, 0.717) is 18.0 Å². The molecule has 22 heavy (non-hydrogen) atoms. The molecule has 0 atom stereocenters. The van der Waals surface area contributed by atoms with E-state index in [2.05, 4.69) is 26.7 Å². The Bertz CT molecular complexity index is 666. The Labute approximate surface area is 138 Å². The van der Waals surface area contributed by atoms with Gasteiger partial charge in [-0.1, -0.05) is 6.07 Å². The summed E-state index contributed by atoms with van der Waals surface area (Å²) in [6.07, 6.45) is 5.15. The molecular formula is C16H19N3OS2. The molecule has 2 heterocycles. The van der Waals surface area contributed by atoms with Crippen LogP contribution >= 0.6 is 23.1 Å². The third-order valence-electron chi connectivity index (χ3n) is 3.67.